The molecule has 0 atom stereocenters. The summed E-state index contributed by atoms with van der Waals surface area (Å²) in [6.07, 6.45) is 6.62. The third-order valence-electron chi connectivity index (χ3n) is 4.63. The van der Waals surface area contributed by atoms with Crippen LogP contribution in [0.4, 0.5) is 5.13 Å². The number of anilines is 1. The van der Waals surface area contributed by atoms with Gasteiger partial charge in [-0.05, 0) is 38.8 Å². The first-order valence-corrected chi connectivity index (χ1v) is 9.07. The average Bonchev–Trinajstić information content (AvgIpc) is 3.16. The Morgan fingerprint density at radius 1 is 1.13 bits per heavy atom. The average molecular weight is 330 g/mol. The van der Waals surface area contributed by atoms with E-state index in [4.69, 9.17) is 4.74 Å². The zero-order valence-electron chi connectivity index (χ0n) is 13.7. The predicted molar refractivity (Wildman–Crippen MR) is 91.7 cm³/mol. The van der Waals surface area contributed by atoms with Gasteiger partial charge in [-0.2, -0.15) is 0 Å². The van der Waals surface area contributed by atoms with Crippen molar-refractivity contribution in [3.63, 3.8) is 0 Å². The Balaban J connectivity index is 1.61. The van der Waals surface area contributed by atoms with E-state index in [0.717, 1.165) is 41.8 Å². The highest BCUT2D eigenvalue weighted by Crippen LogP contribution is 2.42. The van der Waals surface area contributed by atoms with E-state index in [-0.39, 0.29) is 11.2 Å². The molecule has 4 rings (SSSR count). The minimum atomic E-state index is -0.153. The maximum absolute atomic E-state index is 6.47. The fraction of sp³-hybridized carbons (Fsp3) is 0.588. The second-order valence-corrected chi connectivity index (χ2v) is 8.17. The molecule has 23 heavy (non-hydrogen) atoms. The van der Waals surface area contributed by atoms with E-state index in [2.05, 4.69) is 33.9 Å². The highest BCUT2D eigenvalue weighted by molar-refractivity contribution is 7.18. The zero-order chi connectivity index (χ0) is 15.9. The Morgan fingerprint density at radius 3 is 2.70 bits per heavy atom. The van der Waals surface area contributed by atoms with Crippen LogP contribution in [0.5, 0.6) is 0 Å². The van der Waals surface area contributed by atoms with Crippen molar-refractivity contribution in [2.75, 3.05) is 18.0 Å². The van der Waals surface area contributed by atoms with E-state index in [1.165, 1.54) is 12.8 Å². The number of nitrogens with zero attached hydrogens (tertiary/aromatic N) is 4. The summed E-state index contributed by atoms with van der Waals surface area (Å²) < 4.78 is 6.47. The first kappa shape index (κ1) is 15.0. The highest BCUT2D eigenvalue weighted by Gasteiger charge is 2.46. The third kappa shape index (κ3) is 2.97. The van der Waals surface area contributed by atoms with Crippen molar-refractivity contribution < 1.29 is 4.74 Å². The molecule has 2 aromatic heterocycles. The van der Waals surface area contributed by atoms with Crippen molar-refractivity contribution in [3.8, 4) is 10.7 Å². The Morgan fingerprint density at radius 2 is 1.96 bits per heavy atom. The van der Waals surface area contributed by atoms with Gasteiger partial charge in [0.15, 0.2) is 5.01 Å². The Bertz CT molecular complexity index is 679. The summed E-state index contributed by atoms with van der Waals surface area (Å²) >= 11 is 1.62. The van der Waals surface area contributed by atoms with Crippen molar-refractivity contribution in [2.24, 2.45) is 0 Å². The molecule has 5 nitrogen and oxygen atoms in total. The Kier molecular flexibility index (Phi) is 3.61. The van der Waals surface area contributed by atoms with E-state index in [0.29, 0.717) is 0 Å². The number of ether oxygens (including phenoxy) is 1. The van der Waals surface area contributed by atoms with Crippen LogP contribution in [-0.2, 0) is 4.74 Å². The van der Waals surface area contributed by atoms with Gasteiger partial charge < -0.3 is 9.64 Å². The lowest BCUT2D eigenvalue weighted by Gasteiger charge is -2.48. The lowest BCUT2D eigenvalue weighted by molar-refractivity contribution is -0.148. The molecule has 0 amide bonds. The maximum Gasteiger partial charge on any atom is 0.208 e. The highest BCUT2D eigenvalue weighted by atomic mass is 32.1. The number of hydrogen-bond acceptors (Lipinski definition) is 6. The SMILES string of the molecule is CC1(C)CN(c2nnc(-c3ccccn3)s2)CC2(CCCC2)O1. The van der Waals surface area contributed by atoms with Crippen molar-refractivity contribution in [3.05, 3.63) is 24.4 Å². The van der Waals surface area contributed by atoms with Gasteiger partial charge in [0, 0.05) is 19.3 Å². The molecule has 2 aromatic rings. The van der Waals surface area contributed by atoms with Gasteiger partial charge in [0.2, 0.25) is 5.13 Å². The largest absolute Gasteiger partial charge is 0.365 e. The van der Waals surface area contributed by atoms with E-state index >= 15 is 0 Å². The van der Waals surface area contributed by atoms with Crippen LogP contribution in [0.1, 0.15) is 39.5 Å². The summed E-state index contributed by atoms with van der Waals surface area (Å²) in [6, 6.07) is 5.88. The molecule has 1 aliphatic heterocycles. The van der Waals surface area contributed by atoms with Crippen molar-refractivity contribution in [2.45, 2.75) is 50.7 Å². The molecule has 1 saturated carbocycles. The van der Waals surface area contributed by atoms with Crippen LogP contribution >= 0.6 is 11.3 Å². The summed E-state index contributed by atoms with van der Waals surface area (Å²) in [5.41, 5.74) is 0.734. The van der Waals surface area contributed by atoms with Crippen LogP contribution in [0, 0.1) is 0 Å². The fourth-order valence-corrected chi connectivity index (χ4v) is 4.68. The summed E-state index contributed by atoms with van der Waals surface area (Å²) in [4.78, 5) is 6.73. The van der Waals surface area contributed by atoms with E-state index < -0.39 is 0 Å². The molecule has 1 spiro atoms. The molecule has 1 saturated heterocycles. The fourth-order valence-electron chi connectivity index (χ4n) is 3.86. The molecule has 0 bridgehead atoms. The minimum Gasteiger partial charge on any atom is -0.365 e. The molecule has 6 heteroatoms. The molecule has 1 aliphatic carbocycles. The van der Waals surface area contributed by atoms with Crippen molar-refractivity contribution >= 4 is 16.5 Å². The van der Waals surface area contributed by atoms with Crippen LogP contribution in [0.3, 0.4) is 0 Å². The smallest absolute Gasteiger partial charge is 0.208 e. The van der Waals surface area contributed by atoms with Crippen molar-refractivity contribution in [1.29, 1.82) is 0 Å². The molecule has 0 aromatic carbocycles. The van der Waals surface area contributed by atoms with Gasteiger partial charge in [-0.15, -0.1) is 10.2 Å². The van der Waals surface area contributed by atoms with Gasteiger partial charge in [-0.25, -0.2) is 0 Å². The Labute approximate surface area is 140 Å². The van der Waals surface area contributed by atoms with Gasteiger partial charge in [0.1, 0.15) is 5.69 Å². The first-order chi connectivity index (χ1) is 11.1. The van der Waals surface area contributed by atoms with E-state index in [1.807, 2.05) is 18.2 Å². The number of morpholine rings is 1. The van der Waals surface area contributed by atoms with Crippen molar-refractivity contribution in [1.82, 2.24) is 15.2 Å². The molecular weight excluding hydrogens is 308 g/mol. The standard InChI is InChI=1S/C17H22N4OS/c1-16(2)11-21(12-17(22-16)8-4-5-9-17)15-20-19-14(23-15)13-7-3-6-10-18-13/h3,6-7,10H,4-5,8-9,11-12H2,1-2H3. The van der Waals surface area contributed by atoms with E-state index in [1.54, 1.807) is 17.5 Å². The van der Waals surface area contributed by atoms with Crippen LogP contribution in [0.25, 0.3) is 10.7 Å². The van der Waals surface area contributed by atoms with Crippen LogP contribution in [0.15, 0.2) is 24.4 Å². The molecule has 0 N–H and O–H groups in total. The molecule has 122 valence electrons. The van der Waals surface area contributed by atoms with Crippen LogP contribution in [-0.4, -0.2) is 39.5 Å². The van der Waals surface area contributed by atoms with Gasteiger partial charge >= 0.3 is 0 Å². The second-order valence-electron chi connectivity index (χ2n) is 7.21. The van der Waals surface area contributed by atoms with Crippen LogP contribution in [0.2, 0.25) is 0 Å². The van der Waals surface area contributed by atoms with E-state index in [9.17, 15) is 0 Å². The minimum absolute atomic E-state index is 0.00141. The topological polar surface area (TPSA) is 51.1 Å². The second kappa shape index (κ2) is 5.53. The Hall–Kier alpha value is -1.53. The van der Waals surface area contributed by atoms with Gasteiger partial charge in [0.25, 0.3) is 0 Å². The monoisotopic (exact) mass is 330 g/mol. The predicted octanol–water partition coefficient (Wildman–Crippen LogP) is 3.53. The number of pyridine rings is 1. The maximum atomic E-state index is 6.47. The molecule has 0 unspecified atom stereocenters. The molecule has 3 heterocycles. The quantitative estimate of drug-likeness (QED) is 0.843. The molecule has 2 fully saturated rings. The third-order valence-corrected chi connectivity index (χ3v) is 5.63. The summed E-state index contributed by atoms with van der Waals surface area (Å²) in [6.45, 7) is 6.14. The lowest BCUT2D eigenvalue weighted by atomic mass is 9.94. The van der Waals surface area contributed by atoms with Gasteiger partial charge in [-0.1, -0.05) is 30.2 Å². The summed E-state index contributed by atoms with van der Waals surface area (Å²) in [5, 5.41) is 10.6. The first-order valence-electron chi connectivity index (χ1n) is 8.25. The lowest BCUT2D eigenvalue weighted by Crippen LogP contribution is -2.58. The zero-order valence-corrected chi connectivity index (χ0v) is 14.5. The van der Waals surface area contributed by atoms with Crippen LogP contribution < -0.4 is 4.90 Å². The number of rotatable bonds is 2. The van der Waals surface area contributed by atoms with Gasteiger partial charge in [-0.3, -0.25) is 4.98 Å². The number of aromatic nitrogens is 3. The summed E-state index contributed by atoms with van der Waals surface area (Å²) in [7, 11) is 0. The number of hydrogen-bond donors (Lipinski definition) is 0. The summed E-state index contributed by atoms with van der Waals surface area (Å²) in [5.74, 6) is 0. The molecular formula is C17H22N4OS. The van der Waals surface area contributed by atoms with Gasteiger partial charge in [0.05, 0.1) is 11.2 Å². The molecule has 0 radical (unpaired) electrons. The normalized spacial score (nSPS) is 22.6. The molecule has 2 aliphatic rings.